The summed E-state index contributed by atoms with van der Waals surface area (Å²) < 4.78 is 17.1. The summed E-state index contributed by atoms with van der Waals surface area (Å²) in [4.78, 5) is 30.3. The second-order valence-corrected chi connectivity index (χ2v) is 9.08. The zero-order valence-corrected chi connectivity index (χ0v) is 21.5. The van der Waals surface area contributed by atoms with Crippen LogP contribution in [-0.4, -0.2) is 81.3 Å². The molecule has 0 bridgehead atoms. The smallest absolute Gasteiger partial charge is 0.257 e. The van der Waals surface area contributed by atoms with E-state index in [-0.39, 0.29) is 29.9 Å². The first kappa shape index (κ1) is 26.5. The summed E-state index contributed by atoms with van der Waals surface area (Å²) in [5, 5.41) is 2.88. The summed E-state index contributed by atoms with van der Waals surface area (Å²) in [6.07, 6.45) is -0.107. The van der Waals surface area contributed by atoms with Gasteiger partial charge in [0.1, 0.15) is 18.1 Å². The number of rotatable bonds is 5. The maximum absolute atomic E-state index is 13.5. The van der Waals surface area contributed by atoms with Gasteiger partial charge in [-0.3, -0.25) is 14.5 Å². The van der Waals surface area contributed by atoms with Crippen LogP contribution in [0.3, 0.4) is 0 Å². The highest BCUT2D eigenvalue weighted by Crippen LogP contribution is 2.27. The highest BCUT2D eigenvalue weighted by molar-refractivity contribution is 6.05. The third-order valence-corrected chi connectivity index (χ3v) is 6.57. The standard InChI is InChI=1S/C27H37N3O5/c1-7-30-15-18(2)25(34-6)16-29(4)27(32)23-14-21(11-12-24(23)35-17-19(30)3)28-26(31)20-9-8-10-22(13-20)33-5/h8-14,18-19,25H,7,15-17H2,1-6H3,(H,28,31)/t18-,19-,25-/m1/s1. The molecule has 8 heteroatoms. The van der Waals surface area contributed by atoms with Gasteiger partial charge in [-0.05, 0) is 55.8 Å². The highest BCUT2D eigenvalue weighted by Gasteiger charge is 2.28. The molecule has 35 heavy (non-hydrogen) atoms. The molecule has 0 saturated heterocycles. The number of methoxy groups -OCH3 is 2. The minimum absolute atomic E-state index is 0.107. The van der Waals surface area contributed by atoms with Gasteiger partial charge < -0.3 is 24.4 Å². The van der Waals surface area contributed by atoms with Gasteiger partial charge in [0.2, 0.25) is 0 Å². The van der Waals surface area contributed by atoms with Crippen LogP contribution in [0.25, 0.3) is 0 Å². The van der Waals surface area contributed by atoms with Crippen LogP contribution in [0.5, 0.6) is 11.5 Å². The van der Waals surface area contributed by atoms with Gasteiger partial charge >= 0.3 is 0 Å². The van der Waals surface area contributed by atoms with Crippen molar-refractivity contribution in [3.05, 3.63) is 53.6 Å². The van der Waals surface area contributed by atoms with Crippen molar-refractivity contribution in [2.75, 3.05) is 52.8 Å². The van der Waals surface area contributed by atoms with Crippen molar-refractivity contribution in [1.82, 2.24) is 9.80 Å². The van der Waals surface area contributed by atoms with Crippen molar-refractivity contribution in [2.24, 2.45) is 5.92 Å². The minimum atomic E-state index is -0.292. The zero-order valence-electron chi connectivity index (χ0n) is 21.5. The normalized spacial score (nSPS) is 21.8. The molecule has 0 unspecified atom stereocenters. The number of nitrogens with one attached hydrogen (secondary N) is 1. The van der Waals surface area contributed by atoms with Crippen molar-refractivity contribution >= 4 is 17.5 Å². The van der Waals surface area contributed by atoms with Crippen molar-refractivity contribution < 1.29 is 23.8 Å². The minimum Gasteiger partial charge on any atom is -0.497 e. The van der Waals surface area contributed by atoms with E-state index in [0.29, 0.717) is 41.5 Å². The van der Waals surface area contributed by atoms with E-state index < -0.39 is 0 Å². The molecule has 8 nitrogen and oxygen atoms in total. The number of carbonyl (C=O) groups excluding carboxylic acids is 2. The molecule has 1 aliphatic heterocycles. The predicted octanol–water partition coefficient (Wildman–Crippen LogP) is 3.77. The number of likely N-dealkylation sites (N-methyl/N-ethyl adjacent to an activating group) is 2. The summed E-state index contributed by atoms with van der Waals surface area (Å²) in [6.45, 7) is 9.04. The van der Waals surface area contributed by atoms with Gasteiger partial charge in [-0.2, -0.15) is 0 Å². The maximum atomic E-state index is 13.5. The molecule has 1 heterocycles. The molecule has 0 fully saturated rings. The van der Waals surface area contributed by atoms with E-state index >= 15 is 0 Å². The molecule has 1 N–H and O–H groups in total. The summed E-state index contributed by atoms with van der Waals surface area (Å²) in [5.41, 5.74) is 1.37. The van der Waals surface area contributed by atoms with E-state index in [1.165, 1.54) is 0 Å². The van der Waals surface area contributed by atoms with Crippen molar-refractivity contribution in [3.63, 3.8) is 0 Å². The first-order valence-corrected chi connectivity index (χ1v) is 12.0. The topological polar surface area (TPSA) is 80.3 Å². The second-order valence-electron chi connectivity index (χ2n) is 9.08. The Bertz CT molecular complexity index is 1030. The van der Waals surface area contributed by atoms with Crippen LogP contribution in [0.4, 0.5) is 5.69 Å². The Kier molecular flexibility index (Phi) is 9.12. The van der Waals surface area contributed by atoms with Gasteiger partial charge in [0.15, 0.2) is 0 Å². The summed E-state index contributed by atoms with van der Waals surface area (Å²) >= 11 is 0. The molecule has 0 spiro atoms. The van der Waals surface area contributed by atoms with Crippen LogP contribution < -0.4 is 14.8 Å². The molecule has 0 saturated carbocycles. The van der Waals surface area contributed by atoms with Crippen molar-refractivity contribution in [2.45, 2.75) is 32.9 Å². The molecule has 0 aromatic heterocycles. The Labute approximate surface area is 208 Å². The fourth-order valence-corrected chi connectivity index (χ4v) is 4.34. The SMILES string of the molecule is CCN1C[C@@H](C)[C@H](OC)CN(C)C(=O)c2cc(NC(=O)c3cccc(OC)c3)ccc2OC[C@H]1C. The van der Waals surface area contributed by atoms with E-state index in [2.05, 4.69) is 31.0 Å². The molecule has 3 atom stereocenters. The number of benzene rings is 2. The molecule has 190 valence electrons. The molecule has 0 radical (unpaired) electrons. The van der Waals surface area contributed by atoms with Crippen LogP contribution in [0.1, 0.15) is 41.5 Å². The van der Waals surface area contributed by atoms with Crippen LogP contribution in [0.15, 0.2) is 42.5 Å². The molecular formula is C27H37N3O5. The van der Waals surface area contributed by atoms with Crippen LogP contribution in [0, 0.1) is 5.92 Å². The number of carbonyl (C=O) groups is 2. The van der Waals surface area contributed by atoms with Gasteiger partial charge in [-0.15, -0.1) is 0 Å². The monoisotopic (exact) mass is 483 g/mol. The molecule has 2 amide bonds. The fourth-order valence-electron chi connectivity index (χ4n) is 4.34. The van der Waals surface area contributed by atoms with Gasteiger partial charge in [-0.1, -0.05) is 19.9 Å². The lowest BCUT2D eigenvalue weighted by molar-refractivity contribution is 0.0116. The Hall–Kier alpha value is -3.10. The van der Waals surface area contributed by atoms with Crippen molar-refractivity contribution in [3.8, 4) is 11.5 Å². The average molecular weight is 484 g/mol. The zero-order chi connectivity index (χ0) is 25.5. The lowest BCUT2D eigenvalue weighted by Crippen LogP contribution is -2.46. The Morgan fingerprint density at radius 3 is 2.60 bits per heavy atom. The van der Waals surface area contributed by atoms with Gasteiger partial charge in [-0.25, -0.2) is 0 Å². The molecule has 1 aliphatic rings. The largest absolute Gasteiger partial charge is 0.497 e. The van der Waals surface area contributed by atoms with E-state index in [0.717, 1.165) is 13.1 Å². The van der Waals surface area contributed by atoms with E-state index in [1.54, 1.807) is 68.6 Å². The molecule has 2 aromatic carbocycles. The van der Waals surface area contributed by atoms with Crippen LogP contribution in [0.2, 0.25) is 0 Å². The number of ether oxygens (including phenoxy) is 3. The Balaban J connectivity index is 1.91. The quantitative estimate of drug-likeness (QED) is 0.697. The fraction of sp³-hybridized carbons (Fsp3) is 0.481. The number of amides is 2. The maximum Gasteiger partial charge on any atom is 0.257 e. The first-order valence-electron chi connectivity index (χ1n) is 12.0. The molecule has 2 aromatic rings. The summed E-state index contributed by atoms with van der Waals surface area (Å²) in [5.74, 6) is 0.834. The van der Waals surface area contributed by atoms with Gasteiger partial charge in [0, 0.05) is 44.5 Å². The summed E-state index contributed by atoms with van der Waals surface area (Å²) in [7, 11) is 5.01. The lowest BCUT2D eigenvalue weighted by Gasteiger charge is -2.35. The predicted molar refractivity (Wildman–Crippen MR) is 137 cm³/mol. The first-order chi connectivity index (χ1) is 16.8. The Morgan fingerprint density at radius 2 is 1.91 bits per heavy atom. The van der Waals surface area contributed by atoms with Crippen LogP contribution >= 0.6 is 0 Å². The molecule has 3 rings (SSSR count). The lowest BCUT2D eigenvalue weighted by atomic mass is 10.0. The number of fused-ring (bicyclic) bond motifs is 1. The number of anilines is 1. The summed E-state index contributed by atoms with van der Waals surface area (Å²) in [6, 6.07) is 12.2. The van der Waals surface area contributed by atoms with E-state index in [1.807, 2.05) is 0 Å². The van der Waals surface area contributed by atoms with E-state index in [4.69, 9.17) is 14.2 Å². The second kappa shape index (κ2) is 12.0. The highest BCUT2D eigenvalue weighted by atomic mass is 16.5. The van der Waals surface area contributed by atoms with Gasteiger partial charge in [0.05, 0.1) is 18.8 Å². The average Bonchev–Trinajstić information content (AvgIpc) is 2.87. The number of hydrogen-bond donors (Lipinski definition) is 1. The number of hydrogen-bond acceptors (Lipinski definition) is 6. The van der Waals surface area contributed by atoms with Crippen LogP contribution in [-0.2, 0) is 4.74 Å². The van der Waals surface area contributed by atoms with E-state index in [9.17, 15) is 9.59 Å². The molecule has 0 aliphatic carbocycles. The van der Waals surface area contributed by atoms with Gasteiger partial charge in [0.25, 0.3) is 11.8 Å². The third kappa shape index (κ3) is 6.52. The van der Waals surface area contributed by atoms with Crippen molar-refractivity contribution in [1.29, 1.82) is 0 Å². The molecular weight excluding hydrogens is 446 g/mol. The number of nitrogens with zero attached hydrogens (tertiary/aromatic N) is 2. The Morgan fingerprint density at radius 1 is 1.14 bits per heavy atom. The third-order valence-electron chi connectivity index (χ3n) is 6.57.